The fourth-order valence-electron chi connectivity index (χ4n) is 13.3. The number of nitrogens with two attached hydrogens (primary N) is 1. The summed E-state index contributed by atoms with van der Waals surface area (Å²) in [5.74, 6) is -1.81. The van der Waals surface area contributed by atoms with Gasteiger partial charge in [0.1, 0.15) is 24.5 Å². The van der Waals surface area contributed by atoms with Crippen molar-refractivity contribution in [2.75, 3.05) is 408 Å². The molecule has 0 radical (unpaired) electrons. The molecule has 0 spiro atoms. The summed E-state index contributed by atoms with van der Waals surface area (Å²) < 4.78 is 166. The van der Waals surface area contributed by atoms with E-state index in [-0.39, 0.29) is 87.5 Å². The number of rotatable bonds is 130. The lowest BCUT2D eigenvalue weighted by molar-refractivity contribution is -0.157. The number of thioether (sulfide) groups is 1. The summed E-state index contributed by atoms with van der Waals surface area (Å²) in [6.45, 7) is 29.9. The lowest BCUT2D eigenvalue weighted by Gasteiger charge is -2.20. The zero-order valence-corrected chi connectivity index (χ0v) is 91.9. The summed E-state index contributed by atoms with van der Waals surface area (Å²) in [4.78, 5) is 74.2. The minimum Gasteiger partial charge on any atom is -0.462 e. The molecule has 0 aliphatic rings. The quantitative estimate of drug-likeness (QED) is 0.0279. The predicted molar refractivity (Wildman–Crippen MR) is 559 cm³/mol. The number of Topliss-reactive ketones (excluding diaryl/α,β-unsaturated/α-hetero) is 1. The highest BCUT2D eigenvalue weighted by Crippen LogP contribution is 2.18. The monoisotopic (exact) mass is 2150 g/mol. The van der Waals surface area contributed by atoms with Crippen LogP contribution < -0.4 is 21.7 Å². The largest absolute Gasteiger partial charge is 0.462 e. The molecule has 41 nitrogen and oxygen atoms in total. The molecule has 6 N–H and O–H groups in total. The second-order valence-electron chi connectivity index (χ2n) is 34.5. The van der Waals surface area contributed by atoms with Crippen LogP contribution in [0.15, 0.2) is 0 Å². The van der Waals surface area contributed by atoms with Crippen LogP contribution >= 0.6 is 11.8 Å². The third-order valence-corrected chi connectivity index (χ3v) is 22.8. The lowest BCUT2D eigenvalue weighted by Crippen LogP contribution is -2.54. The Balaban J connectivity index is 3.56. The summed E-state index contributed by atoms with van der Waals surface area (Å²) >= 11 is 1.28. The number of carbonyl (C=O) groups is 6. The topological polar surface area (TPSA) is 462 Å². The molecule has 0 aromatic rings. The number of unbranched alkanes of at least 4 members (excludes halogenated alkanes) is 26. The van der Waals surface area contributed by atoms with Crippen molar-refractivity contribution in [1.82, 2.24) is 16.0 Å². The molecule has 0 aliphatic heterocycles. The second kappa shape index (κ2) is 126. The van der Waals surface area contributed by atoms with Gasteiger partial charge in [0.2, 0.25) is 17.7 Å². The molecule has 0 aromatic carbocycles. The molecule has 0 saturated carbocycles. The fourth-order valence-corrected chi connectivity index (χ4v) is 14.3. The Morgan fingerprint density at radius 3 is 0.687 bits per heavy atom. The van der Waals surface area contributed by atoms with E-state index in [2.05, 4.69) is 29.8 Å². The summed E-state index contributed by atoms with van der Waals surface area (Å²) in [7, 11) is 0. The van der Waals surface area contributed by atoms with Crippen LogP contribution in [0.2, 0.25) is 0 Å². The molecule has 0 saturated heterocycles. The molecule has 147 heavy (non-hydrogen) atoms. The smallest absolute Gasteiger partial charge is 0.306 e. The van der Waals surface area contributed by atoms with Gasteiger partial charge >= 0.3 is 11.9 Å². The van der Waals surface area contributed by atoms with E-state index in [1.807, 2.05) is 0 Å². The van der Waals surface area contributed by atoms with Crippen molar-refractivity contribution in [2.45, 2.75) is 238 Å². The van der Waals surface area contributed by atoms with Gasteiger partial charge in [0.15, 0.2) is 0 Å². The maximum atomic E-state index is 13.1. The molecule has 3 atom stereocenters. The van der Waals surface area contributed by atoms with Gasteiger partial charge in [0.25, 0.3) is 0 Å². The zero-order valence-electron chi connectivity index (χ0n) is 91.1. The molecule has 0 aromatic heterocycles. The highest BCUT2D eigenvalue weighted by Gasteiger charge is 2.25. The van der Waals surface area contributed by atoms with Crippen LogP contribution in [0, 0.1) is 0 Å². The van der Waals surface area contributed by atoms with Crippen LogP contribution in [0.5, 0.6) is 0 Å². The Hall–Kier alpha value is -3.83. The molecule has 0 rings (SSSR count). The van der Waals surface area contributed by atoms with Gasteiger partial charge < -0.3 is 169 Å². The minimum atomic E-state index is -1.23. The number of esters is 2. The van der Waals surface area contributed by atoms with Gasteiger partial charge in [-0.15, -0.1) is 0 Å². The third kappa shape index (κ3) is 121. The van der Waals surface area contributed by atoms with E-state index in [0.29, 0.717) is 357 Å². The third-order valence-electron chi connectivity index (χ3n) is 21.5. The normalized spacial score (nSPS) is 12.3. The highest BCUT2D eigenvalue weighted by atomic mass is 32.2. The summed E-state index contributed by atoms with van der Waals surface area (Å²) in [5, 5.41) is 17.7. The first-order valence-corrected chi connectivity index (χ1v) is 56.5. The predicted octanol–water partition coefficient (Wildman–Crippen LogP) is 9.40. The number of hydrogen-bond acceptors (Lipinski definition) is 39. The van der Waals surface area contributed by atoms with E-state index >= 15 is 0 Å². The molecule has 0 heterocycles. The van der Waals surface area contributed by atoms with Gasteiger partial charge in [-0.2, -0.15) is 11.8 Å². The Kier molecular flexibility index (Phi) is 122. The van der Waals surface area contributed by atoms with Crippen molar-refractivity contribution in [3.05, 3.63) is 0 Å². The van der Waals surface area contributed by atoms with Crippen molar-refractivity contribution in [1.29, 1.82) is 0 Å². The van der Waals surface area contributed by atoms with Crippen LogP contribution in [0.3, 0.4) is 0 Å². The Labute approximate surface area is 886 Å². The first-order valence-electron chi connectivity index (χ1n) is 55.3. The first-order chi connectivity index (χ1) is 72.5. The Bertz CT molecular complexity index is 2680. The van der Waals surface area contributed by atoms with Gasteiger partial charge in [0, 0.05) is 37.3 Å². The summed E-state index contributed by atoms with van der Waals surface area (Å²) in [6, 6.07) is -2.27. The number of ether oxygens (including phenoxy) is 30. The number of ketones is 1. The molecule has 3 amide bonds. The fraction of sp³-hybridized carbons (Fsp3) is 0.943. The molecule has 42 heteroatoms. The molecule has 0 bridgehead atoms. The average molecular weight is 2150 g/mol. The van der Waals surface area contributed by atoms with Crippen molar-refractivity contribution < 1.29 is 176 Å². The zero-order chi connectivity index (χ0) is 106. The highest BCUT2D eigenvalue weighted by molar-refractivity contribution is 7.99. The Morgan fingerprint density at radius 2 is 0.463 bits per heavy atom. The lowest BCUT2D eigenvalue weighted by atomic mass is 10.0. The van der Waals surface area contributed by atoms with Crippen LogP contribution in [0.1, 0.15) is 220 Å². The summed E-state index contributed by atoms with van der Waals surface area (Å²) in [6.07, 6.45) is 34.2. The second-order valence-corrected chi connectivity index (χ2v) is 35.6. The van der Waals surface area contributed by atoms with Crippen LogP contribution in [-0.4, -0.2) is 467 Å². The van der Waals surface area contributed by atoms with E-state index < -0.39 is 36.6 Å². The van der Waals surface area contributed by atoms with Crippen LogP contribution in [-0.2, 0) is 171 Å². The van der Waals surface area contributed by atoms with Crippen molar-refractivity contribution in [3.8, 4) is 0 Å². The maximum Gasteiger partial charge on any atom is 0.306 e. The molecular formula is C105H204N4O37S. The van der Waals surface area contributed by atoms with Gasteiger partial charge in [-0.05, 0) is 19.8 Å². The number of aliphatic hydroxyl groups excluding tert-OH is 1. The number of aliphatic hydroxyl groups is 1. The van der Waals surface area contributed by atoms with Gasteiger partial charge in [-0.3, -0.25) is 28.8 Å². The molecule has 872 valence electrons. The van der Waals surface area contributed by atoms with Crippen molar-refractivity contribution >= 4 is 47.2 Å². The van der Waals surface area contributed by atoms with Gasteiger partial charge in [-0.1, -0.05) is 181 Å². The van der Waals surface area contributed by atoms with E-state index in [1.165, 1.54) is 154 Å². The maximum absolute atomic E-state index is 13.1. The number of carbonyl (C=O) groups excluding carboxylic acids is 6. The molecule has 0 fully saturated rings. The van der Waals surface area contributed by atoms with E-state index in [9.17, 15) is 33.9 Å². The first kappa shape index (κ1) is 143. The minimum absolute atomic E-state index is 0.0398. The van der Waals surface area contributed by atoms with Crippen LogP contribution in [0.4, 0.5) is 0 Å². The number of hydrogen-bond donors (Lipinski definition) is 5. The van der Waals surface area contributed by atoms with Crippen LogP contribution in [0.25, 0.3) is 0 Å². The SMILES string of the molecule is CCCCCCCCCCCCCCCCC(=O)OC[C@H](CSC[C@H](N)C(=O)N[C@@H](CO)C(=O)NCCOCCOCCOCCOCCOCCOCCOCCOCCOCCOCCOCCOCCOCCOCCOCCOCCOCCOCCOCCOCCOCCOCCOCCOCCOCCOCCOCCOCCC(=O)NCC(C)=O)OC(=O)CCCCCCCCCCCCCCCC. The molecular weight excluding hydrogens is 1940 g/mol. The van der Waals surface area contributed by atoms with Crippen molar-refractivity contribution in [3.63, 3.8) is 0 Å². The molecule has 0 unspecified atom stereocenters. The van der Waals surface area contributed by atoms with Gasteiger partial charge in [0.05, 0.1) is 389 Å². The standard InChI is InChI=1S/C105H204N4O37S/c1-4-6-8-10-12-14-16-18-20-22-24-26-28-30-32-102(113)145-94-98(146-103(114)33-31-29-27-25-23-21-19-17-15-13-11-9-7-5-2)95-147-96-99(106)104(115)109-100(93-110)105(116)107-35-37-118-39-41-120-43-45-122-47-49-124-51-53-126-55-57-128-59-61-130-63-65-132-67-69-134-71-73-136-75-77-138-79-81-140-83-85-142-87-89-144-91-90-143-88-86-141-84-82-139-80-78-137-76-74-135-72-70-133-68-66-131-64-62-129-60-58-127-56-54-125-52-50-123-48-46-121-44-42-119-40-38-117-36-34-101(112)108-92-97(3)111/h98-100,110H,4-96,106H2,1-3H3,(H,107,116)(H,108,112)(H,109,115)/t98-,99+,100+/m1/s1. The number of nitrogens with one attached hydrogen (secondary N) is 3. The number of amides is 3. The average Bonchev–Trinajstić information content (AvgIpc) is 0.904. The van der Waals surface area contributed by atoms with Gasteiger partial charge in [-0.25, -0.2) is 0 Å². The molecule has 0 aliphatic carbocycles. The Morgan fingerprint density at radius 1 is 0.252 bits per heavy atom. The summed E-state index contributed by atoms with van der Waals surface area (Å²) in [5.41, 5.74) is 6.25. The van der Waals surface area contributed by atoms with E-state index in [0.717, 1.165) is 44.9 Å². The van der Waals surface area contributed by atoms with E-state index in [1.54, 1.807) is 0 Å². The van der Waals surface area contributed by atoms with Crippen molar-refractivity contribution in [2.24, 2.45) is 5.73 Å². The van der Waals surface area contributed by atoms with E-state index in [4.69, 9.17) is 148 Å².